The number of amides is 1. The van der Waals surface area contributed by atoms with Gasteiger partial charge in [0.2, 0.25) is 5.88 Å². The zero-order valence-corrected chi connectivity index (χ0v) is 17.1. The summed E-state index contributed by atoms with van der Waals surface area (Å²) in [5.74, 6) is -0.579. The first kappa shape index (κ1) is 21.9. The predicted octanol–water partition coefficient (Wildman–Crippen LogP) is 2.61. The summed E-state index contributed by atoms with van der Waals surface area (Å²) in [4.78, 5) is 26.4. The van der Waals surface area contributed by atoms with E-state index >= 15 is 0 Å². The number of nitro groups is 1. The molecule has 1 amide bonds. The zero-order valence-electron chi connectivity index (χ0n) is 15.5. The van der Waals surface area contributed by atoms with Crippen LogP contribution in [0.2, 0.25) is 0 Å². The summed E-state index contributed by atoms with van der Waals surface area (Å²) in [6.45, 7) is 1.46. The number of halogens is 1. The van der Waals surface area contributed by atoms with Crippen LogP contribution in [0.3, 0.4) is 0 Å². The van der Waals surface area contributed by atoms with E-state index in [1.54, 1.807) is 13.0 Å². The number of hydrazone groups is 1. The molecular weight excluding hydrogens is 446 g/mol. The van der Waals surface area contributed by atoms with E-state index in [2.05, 4.69) is 31.4 Å². The second-order valence-corrected chi connectivity index (χ2v) is 6.44. The molecule has 1 aromatic carbocycles. The Morgan fingerprint density at radius 2 is 2.28 bits per heavy atom. The van der Waals surface area contributed by atoms with Crippen LogP contribution in [0.1, 0.15) is 22.4 Å². The maximum atomic E-state index is 11.9. The molecular formula is C18H16BrN5O5. The molecule has 1 heterocycles. The molecule has 150 valence electrons. The Morgan fingerprint density at radius 1 is 1.52 bits per heavy atom. The summed E-state index contributed by atoms with van der Waals surface area (Å²) >= 11 is 3.37. The lowest BCUT2D eigenvalue weighted by atomic mass is 10.1. The normalized spacial score (nSPS) is 10.6. The van der Waals surface area contributed by atoms with E-state index < -0.39 is 17.4 Å². The Bertz CT molecular complexity index is 1000. The number of carbonyl (C=O) groups excluding carboxylic acids is 1. The van der Waals surface area contributed by atoms with Crippen molar-refractivity contribution in [1.82, 2.24) is 10.4 Å². The topological polar surface area (TPSA) is 140 Å². The third kappa shape index (κ3) is 5.81. The number of rotatable bonds is 8. The number of hydrogen-bond donors (Lipinski definition) is 1. The maximum Gasteiger partial charge on any atom is 0.278 e. The average molecular weight is 462 g/mol. The number of pyridine rings is 1. The molecule has 0 radical (unpaired) electrons. The van der Waals surface area contributed by atoms with Crippen molar-refractivity contribution in [2.75, 3.05) is 13.7 Å². The third-order valence-corrected chi connectivity index (χ3v) is 4.64. The molecule has 0 aliphatic rings. The molecule has 1 N–H and O–H groups in total. The number of nitriles is 1. The Hall–Kier alpha value is -3.36. The van der Waals surface area contributed by atoms with Gasteiger partial charge in [0.25, 0.3) is 11.6 Å². The van der Waals surface area contributed by atoms with Crippen molar-refractivity contribution in [2.45, 2.75) is 13.5 Å². The Morgan fingerprint density at radius 3 is 2.93 bits per heavy atom. The van der Waals surface area contributed by atoms with E-state index in [-0.39, 0.29) is 23.7 Å². The van der Waals surface area contributed by atoms with Gasteiger partial charge in [-0.25, -0.2) is 10.4 Å². The van der Waals surface area contributed by atoms with E-state index in [0.29, 0.717) is 21.3 Å². The van der Waals surface area contributed by atoms with Gasteiger partial charge >= 0.3 is 0 Å². The fraction of sp³-hybridized carbons (Fsp3) is 0.222. The molecule has 0 aliphatic heterocycles. The number of aromatic nitrogens is 1. The van der Waals surface area contributed by atoms with Crippen LogP contribution < -0.4 is 10.2 Å². The minimum Gasteiger partial charge on any atom is -0.467 e. The van der Waals surface area contributed by atoms with Gasteiger partial charge in [0.05, 0.1) is 23.4 Å². The van der Waals surface area contributed by atoms with E-state index in [4.69, 9.17) is 9.47 Å². The van der Waals surface area contributed by atoms with Gasteiger partial charge in [0.15, 0.2) is 6.61 Å². The predicted molar refractivity (Wildman–Crippen MR) is 106 cm³/mol. The molecule has 11 heteroatoms. The lowest BCUT2D eigenvalue weighted by molar-refractivity contribution is -0.384. The molecule has 1 aromatic heterocycles. The fourth-order valence-corrected chi connectivity index (χ4v) is 2.68. The van der Waals surface area contributed by atoms with Gasteiger partial charge < -0.3 is 9.47 Å². The molecule has 0 saturated carbocycles. The first-order valence-electron chi connectivity index (χ1n) is 8.14. The van der Waals surface area contributed by atoms with Crippen molar-refractivity contribution >= 4 is 33.7 Å². The van der Waals surface area contributed by atoms with Gasteiger partial charge in [-0.15, -0.1) is 0 Å². The largest absolute Gasteiger partial charge is 0.467 e. The molecule has 29 heavy (non-hydrogen) atoms. The molecule has 0 spiro atoms. The van der Waals surface area contributed by atoms with Gasteiger partial charge in [-0.2, -0.15) is 10.4 Å². The van der Waals surface area contributed by atoms with Crippen molar-refractivity contribution < 1.29 is 19.2 Å². The Labute approximate surface area is 174 Å². The van der Waals surface area contributed by atoms with Crippen molar-refractivity contribution in [3.63, 3.8) is 0 Å². The quantitative estimate of drug-likeness (QED) is 0.361. The standard InChI is InChI=1S/C18H16BrN5O5/c1-11-17(19)15(9-28-2)14(7-20)18(22-11)29-10-16(25)23-21-8-12-4-3-5-13(6-12)24(26)27/h3-6,8H,9-10H2,1-2H3,(H,23,25). The van der Waals surface area contributed by atoms with Gasteiger partial charge in [-0.05, 0) is 22.9 Å². The second kappa shape index (κ2) is 10.3. The molecule has 2 aromatic rings. The molecule has 0 bridgehead atoms. The number of hydrogen-bond acceptors (Lipinski definition) is 8. The second-order valence-electron chi connectivity index (χ2n) is 5.65. The van der Waals surface area contributed by atoms with E-state index in [1.807, 2.05) is 6.07 Å². The summed E-state index contributed by atoms with van der Waals surface area (Å²) in [6, 6.07) is 7.78. The number of nitrogens with one attached hydrogen (secondary N) is 1. The highest BCUT2D eigenvalue weighted by atomic mass is 79.9. The number of aryl methyl sites for hydroxylation is 1. The van der Waals surface area contributed by atoms with Crippen LogP contribution in [-0.4, -0.2) is 35.7 Å². The molecule has 2 rings (SSSR count). The van der Waals surface area contributed by atoms with Crippen molar-refractivity contribution in [3.8, 4) is 11.9 Å². The monoisotopic (exact) mass is 461 g/mol. The van der Waals surface area contributed by atoms with Crippen LogP contribution in [0.5, 0.6) is 5.88 Å². The molecule has 0 atom stereocenters. The van der Waals surface area contributed by atoms with Gasteiger partial charge in [-0.1, -0.05) is 12.1 Å². The van der Waals surface area contributed by atoms with Crippen LogP contribution in [0.25, 0.3) is 0 Å². The highest BCUT2D eigenvalue weighted by Crippen LogP contribution is 2.29. The summed E-state index contributed by atoms with van der Waals surface area (Å²) in [7, 11) is 1.50. The van der Waals surface area contributed by atoms with Crippen molar-refractivity contribution in [3.05, 3.63) is 61.2 Å². The first-order valence-corrected chi connectivity index (χ1v) is 8.93. The lowest BCUT2D eigenvalue weighted by Crippen LogP contribution is -2.25. The highest BCUT2D eigenvalue weighted by molar-refractivity contribution is 9.10. The van der Waals surface area contributed by atoms with Crippen LogP contribution >= 0.6 is 15.9 Å². The van der Waals surface area contributed by atoms with Crippen LogP contribution in [0, 0.1) is 28.4 Å². The molecule has 0 fully saturated rings. The van der Waals surface area contributed by atoms with Gasteiger partial charge in [-0.3, -0.25) is 14.9 Å². The number of non-ortho nitro benzene ring substituents is 1. The lowest BCUT2D eigenvalue weighted by Gasteiger charge is -2.13. The average Bonchev–Trinajstić information content (AvgIpc) is 2.70. The number of benzene rings is 1. The minimum absolute atomic E-state index is 0.0121. The zero-order chi connectivity index (χ0) is 21.4. The summed E-state index contributed by atoms with van der Waals surface area (Å²) < 4.78 is 11.1. The van der Waals surface area contributed by atoms with E-state index in [1.165, 1.54) is 31.5 Å². The van der Waals surface area contributed by atoms with Crippen molar-refractivity contribution in [2.24, 2.45) is 5.10 Å². The fourth-order valence-electron chi connectivity index (χ4n) is 2.28. The minimum atomic E-state index is -0.591. The Balaban J connectivity index is 2.03. The van der Waals surface area contributed by atoms with Crippen LogP contribution in [0.15, 0.2) is 33.8 Å². The van der Waals surface area contributed by atoms with Crippen LogP contribution in [0.4, 0.5) is 5.69 Å². The summed E-state index contributed by atoms with van der Waals surface area (Å²) in [6.07, 6.45) is 1.27. The number of nitrogens with zero attached hydrogens (tertiary/aromatic N) is 4. The maximum absolute atomic E-state index is 11.9. The molecule has 0 aliphatic carbocycles. The van der Waals surface area contributed by atoms with Gasteiger partial charge in [0, 0.05) is 34.8 Å². The highest BCUT2D eigenvalue weighted by Gasteiger charge is 2.18. The number of ether oxygens (including phenoxy) is 2. The summed E-state index contributed by atoms with van der Waals surface area (Å²) in [5.41, 5.74) is 3.92. The molecule has 0 unspecified atom stereocenters. The van der Waals surface area contributed by atoms with E-state index in [9.17, 15) is 20.2 Å². The molecule has 10 nitrogen and oxygen atoms in total. The SMILES string of the molecule is COCc1c(Br)c(C)nc(OCC(=O)NN=Cc2cccc([N+](=O)[O-])c2)c1C#N. The Kier molecular flexibility index (Phi) is 7.76. The number of carbonyl (C=O) groups is 1. The number of methoxy groups -OCH3 is 1. The van der Waals surface area contributed by atoms with Crippen LogP contribution in [-0.2, 0) is 16.1 Å². The first-order chi connectivity index (χ1) is 13.9. The number of nitro benzene ring substituents is 1. The van der Waals surface area contributed by atoms with E-state index in [0.717, 1.165) is 0 Å². The smallest absolute Gasteiger partial charge is 0.278 e. The van der Waals surface area contributed by atoms with Gasteiger partial charge in [0.1, 0.15) is 11.6 Å². The van der Waals surface area contributed by atoms with Crippen molar-refractivity contribution in [1.29, 1.82) is 5.26 Å². The third-order valence-electron chi connectivity index (χ3n) is 3.59. The molecule has 0 saturated heterocycles. The summed E-state index contributed by atoms with van der Waals surface area (Å²) in [5, 5.41) is 23.9.